The Morgan fingerprint density at radius 3 is 2.65 bits per heavy atom. The molecule has 3 heteroatoms. The second kappa shape index (κ2) is 5.49. The van der Waals surface area contributed by atoms with Crippen LogP contribution in [0.5, 0.6) is 0 Å². The minimum atomic E-state index is -0.0715. The van der Waals surface area contributed by atoms with Gasteiger partial charge in [-0.05, 0) is 25.0 Å². The second-order valence-corrected chi connectivity index (χ2v) is 4.47. The summed E-state index contributed by atoms with van der Waals surface area (Å²) in [7, 11) is 0. The summed E-state index contributed by atoms with van der Waals surface area (Å²) in [5.74, 6) is -0.103. The Hall–Kier alpha value is -1.82. The molecule has 3 nitrogen and oxygen atoms in total. The van der Waals surface area contributed by atoms with Gasteiger partial charge in [0, 0.05) is 11.6 Å². The van der Waals surface area contributed by atoms with Crippen LogP contribution in [-0.2, 0) is 0 Å². The van der Waals surface area contributed by atoms with E-state index in [1.165, 1.54) is 0 Å². The molecular formula is C14H16N2O. The van der Waals surface area contributed by atoms with E-state index in [1.54, 1.807) is 12.1 Å². The Morgan fingerprint density at radius 1 is 1.24 bits per heavy atom. The van der Waals surface area contributed by atoms with E-state index in [0.717, 1.165) is 25.7 Å². The van der Waals surface area contributed by atoms with Gasteiger partial charge in [-0.3, -0.25) is 4.79 Å². The van der Waals surface area contributed by atoms with Crippen LogP contribution in [0.1, 0.15) is 36.0 Å². The molecule has 0 heterocycles. The van der Waals surface area contributed by atoms with E-state index in [4.69, 9.17) is 5.26 Å². The van der Waals surface area contributed by atoms with Crippen molar-refractivity contribution in [2.45, 2.75) is 31.7 Å². The largest absolute Gasteiger partial charge is 0.348 e. The molecule has 1 aromatic carbocycles. The van der Waals surface area contributed by atoms with Crippen LogP contribution in [0.2, 0.25) is 0 Å². The second-order valence-electron chi connectivity index (χ2n) is 4.47. The summed E-state index contributed by atoms with van der Waals surface area (Å²) >= 11 is 0. The Bertz CT molecular complexity index is 422. The number of nitriles is 1. The summed E-state index contributed by atoms with van der Waals surface area (Å²) < 4.78 is 0. The lowest BCUT2D eigenvalue weighted by Gasteiger charge is -2.27. The number of carbonyl (C=O) groups excluding carboxylic acids is 1. The Labute approximate surface area is 101 Å². The van der Waals surface area contributed by atoms with E-state index in [1.807, 2.05) is 18.2 Å². The SMILES string of the molecule is N#C[C@H]1CCCC[C@H]1NC(=O)c1ccccc1. The van der Waals surface area contributed by atoms with Gasteiger partial charge in [0.05, 0.1) is 12.0 Å². The number of nitrogens with zero attached hydrogens (tertiary/aromatic N) is 1. The van der Waals surface area contributed by atoms with Crippen LogP contribution in [0.25, 0.3) is 0 Å². The predicted octanol–water partition coefficient (Wildman–Crippen LogP) is 2.50. The summed E-state index contributed by atoms with van der Waals surface area (Å²) in [6.07, 6.45) is 4.00. The first kappa shape index (κ1) is 11.7. The molecule has 0 spiro atoms. The number of hydrogen-bond donors (Lipinski definition) is 1. The van der Waals surface area contributed by atoms with Crippen LogP contribution in [0.4, 0.5) is 0 Å². The molecule has 17 heavy (non-hydrogen) atoms. The van der Waals surface area contributed by atoms with Gasteiger partial charge >= 0.3 is 0 Å². The molecule has 1 aromatic rings. The fourth-order valence-corrected chi connectivity index (χ4v) is 2.30. The molecule has 1 N–H and O–H groups in total. The third-order valence-electron chi connectivity index (χ3n) is 3.28. The first-order valence-electron chi connectivity index (χ1n) is 6.07. The molecule has 0 bridgehead atoms. The Balaban J connectivity index is 2.01. The maximum absolute atomic E-state index is 12.0. The van der Waals surface area contributed by atoms with E-state index in [9.17, 15) is 4.79 Å². The number of nitrogens with one attached hydrogen (secondary N) is 1. The van der Waals surface area contributed by atoms with Crippen molar-refractivity contribution in [1.82, 2.24) is 5.32 Å². The molecular weight excluding hydrogens is 212 g/mol. The van der Waals surface area contributed by atoms with Gasteiger partial charge in [-0.15, -0.1) is 0 Å². The quantitative estimate of drug-likeness (QED) is 0.845. The zero-order chi connectivity index (χ0) is 12.1. The van der Waals surface area contributed by atoms with Crippen LogP contribution in [0, 0.1) is 17.2 Å². The monoisotopic (exact) mass is 228 g/mol. The van der Waals surface area contributed by atoms with Gasteiger partial charge in [0.15, 0.2) is 0 Å². The molecule has 1 saturated carbocycles. The van der Waals surface area contributed by atoms with Crippen LogP contribution in [-0.4, -0.2) is 11.9 Å². The molecule has 2 atom stereocenters. The Kier molecular flexibility index (Phi) is 3.77. The van der Waals surface area contributed by atoms with Crippen molar-refractivity contribution in [2.24, 2.45) is 5.92 Å². The van der Waals surface area contributed by atoms with Crippen molar-refractivity contribution in [3.63, 3.8) is 0 Å². The molecule has 0 saturated heterocycles. The molecule has 2 rings (SSSR count). The lowest BCUT2D eigenvalue weighted by Crippen LogP contribution is -2.41. The van der Waals surface area contributed by atoms with Gasteiger partial charge in [0.2, 0.25) is 0 Å². The van der Waals surface area contributed by atoms with Gasteiger partial charge < -0.3 is 5.32 Å². The Morgan fingerprint density at radius 2 is 1.94 bits per heavy atom. The van der Waals surface area contributed by atoms with Crippen molar-refractivity contribution in [1.29, 1.82) is 5.26 Å². The molecule has 0 aliphatic heterocycles. The topological polar surface area (TPSA) is 52.9 Å². The van der Waals surface area contributed by atoms with E-state index < -0.39 is 0 Å². The van der Waals surface area contributed by atoms with Crippen LogP contribution in [0.15, 0.2) is 30.3 Å². The van der Waals surface area contributed by atoms with E-state index in [2.05, 4.69) is 11.4 Å². The molecule has 1 fully saturated rings. The molecule has 88 valence electrons. The van der Waals surface area contributed by atoms with Gasteiger partial charge in [0.25, 0.3) is 5.91 Å². The normalized spacial score (nSPS) is 23.7. The van der Waals surface area contributed by atoms with Crippen molar-refractivity contribution in [3.8, 4) is 6.07 Å². The number of hydrogen-bond acceptors (Lipinski definition) is 2. The molecule has 1 aliphatic rings. The first-order valence-corrected chi connectivity index (χ1v) is 6.07. The summed E-state index contributed by atoms with van der Waals surface area (Å²) in [6, 6.07) is 11.5. The average molecular weight is 228 g/mol. The van der Waals surface area contributed by atoms with Crippen molar-refractivity contribution >= 4 is 5.91 Å². The maximum Gasteiger partial charge on any atom is 0.251 e. The van der Waals surface area contributed by atoms with Crippen molar-refractivity contribution in [3.05, 3.63) is 35.9 Å². The lowest BCUT2D eigenvalue weighted by molar-refractivity contribution is 0.0917. The van der Waals surface area contributed by atoms with E-state index in [0.29, 0.717) is 5.56 Å². The first-order chi connectivity index (χ1) is 8.31. The zero-order valence-electron chi connectivity index (χ0n) is 9.73. The highest BCUT2D eigenvalue weighted by atomic mass is 16.1. The lowest BCUT2D eigenvalue weighted by atomic mass is 9.85. The summed E-state index contributed by atoms with van der Waals surface area (Å²) in [5, 5.41) is 12.0. The molecule has 1 aliphatic carbocycles. The van der Waals surface area contributed by atoms with Crippen LogP contribution >= 0.6 is 0 Å². The summed E-state index contributed by atoms with van der Waals surface area (Å²) in [4.78, 5) is 12.0. The highest BCUT2D eigenvalue weighted by Gasteiger charge is 2.26. The average Bonchev–Trinajstić information content (AvgIpc) is 2.40. The van der Waals surface area contributed by atoms with Crippen molar-refractivity contribution < 1.29 is 4.79 Å². The minimum absolute atomic E-state index is 0.0152. The number of amides is 1. The van der Waals surface area contributed by atoms with Crippen LogP contribution in [0.3, 0.4) is 0 Å². The zero-order valence-corrected chi connectivity index (χ0v) is 9.73. The van der Waals surface area contributed by atoms with E-state index >= 15 is 0 Å². The smallest absolute Gasteiger partial charge is 0.251 e. The third kappa shape index (κ3) is 2.85. The van der Waals surface area contributed by atoms with Gasteiger partial charge in [-0.1, -0.05) is 31.0 Å². The molecule has 0 aromatic heterocycles. The summed E-state index contributed by atoms with van der Waals surface area (Å²) in [6.45, 7) is 0. The van der Waals surface area contributed by atoms with Gasteiger partial charge in [-0.25, -0.2) is 0 Å². The maximum atomic E-state index is 12.0. The summed E-state index contributed by atoms with van der Waals surface area (Å²) in [5.41, 5.74) is 0.662. The molecule has 1 amide bonds. The fraction of sp³-hybridized carbons (Fsp3) is 0.429. The fourth-order valence-electron chi connectivity index (χ4n) is 2.30. The number of rotatable bonds is 2. The highest BCUT2D eigenvalue weighted by Crippen LogP contribution is 2.23. The predicted molar refractivity (Wildman–Crippen MR) is 65.3 cm³/mol. The standard InChI is InChI=1S/C14H16N2O/c15-10-12-8-4-5-9-13(12)16-14(17)11-6-2-1-3-7-11/h1-3,6-7,12-13H,4-5,8-9H2,(H,16,17)/t12-,13-/m1/s1. The van der Waals surface area contributed by atoms with Crippen molar-refractivity contribution in [2.75, 3.05) is 0 Å². The number of benzene rings is 1. The number of carbonyl (C=O) groups is 1. The van der Waals surface area contributed by atoms with Crippen LogP contribution < -0.4 is 5.32 Å². The van der Waals surface area contributed by atoms with E-state index in [-0.39, 0.29) is 17.9 Å². The minimum Gasteiger partial charge on any atom is -0.348 e. The molecule has 0 radical (unpaired) electrons. The third-order valence-corrected chi connectivity index (χ3v) is 3.28. The van der Waals surface area contributed by atoms with Gasteiger partial charge in [0.1, 0.15) is 0 Å². The molecule has 0 unspecified atom stereocenters. The van der Waals surface area contributed by atoms with Gasteiger partial charge in [-0.2, -0.15) is 5.26 Å². The highest BCUT2D eigenvalue weighted by molar-refractivity contribution is 5.94.